The van der Waals surface area contributed by atoms with E-state index in [1.165, 1.54) is 86.7 Å². The van der Waals surface area contributed by atoms with Crippen LogP contribution in [0.5, 0.6) is 11.5 Å². The van der Waals surface area contributed by atoms with E-state index in [1.807, 2.05) is 24.3 Å². The molecule has 0 unspecified atom stereocenters. The van der Waals surface area contributed by atoms with E-state index in [4.69, 9.17) is 0 Å². The van der Waals surface area contributed by atoms with Crippen molar-refractivity contribution in [1.82, 2.24) is 9.80 Å². The monoisotopic (exact) mass is 654 g/mol. The molecule has 0 spiro atoms. The van der Waals surface area contributed by atoms with Crippen molar-refractivity contribution in [1.29, 1.82) is 0 Å². The van der Waals surface area contributed by atoms with Gasteiger partial charge in [0.15, 0.2) is 0 Å². The van der Waals surface area contributed by atoms with E-state index in [2.05, 4.69) is 21.9 Å². The summed E-state index contributed by atoms with van der Waals surface area (Å²) in [7, 11) is 0. The lowest BCUT2D eigenvalue weighted by atomic mass is 9.49. The summed E-state index contributed by atoms with van der Waals surface area (Å²) >= 11 is 0. The van der Waals surface area contributed by atoms with Crippen LogP contribution in [0.3, 0.4) is 0 Å². The minimum atomic E-state index is -0.603. The average Bonchev–Trinajstić information content (AvgIpc) is 3.03. The van der Waals surface area contributed by atoms with Crippen LogP contribution in [0.4, 0.5) is 0 Å². The van der Waals surface area contributed by atoms with Crippen LogP contribution >= 0.6 is 0 Å². The number of hydrogen-bond acceptors (Lipinski definition) is 6. The summed E-state index contributed by atoms with van der Waals surface area (Å²) in [5.41, 5.74) is 3.78. The van der Waals surface area contributed by atoms with Gasteiger partial charge in [-0.3, -0.25) is 9.80 Å². The zero-order chi connectivity index (χ0) is 32.7. The van der Waals surface area contributed by atoms with Crippen LogP contribution in [0.1, 0.15) is 125 Å². The SMILES string of the molecule is Oc1ccc2c(c1)[C@@]13CCCC[C@@]1(O)[C@@H](C2)N(CC1CCC1)CC3.Oc1ccc2c(c1)[C@@]13CCCC[C@@]1(O)[C@@H](C2)N(CC1CCC1)CC3. The van der Waals surface area contributed by atoms with Gasteiger partial charge in [0.25, 0.3) is 0 Å². The molecule has 6 heteroatoms. The molecule has 2 saturated heterocycles. The molecule has 4 N–H and O–H groups in total. The van der Waals surface area contributed by atoms with Gasteiger partial charge in [0, 0.05) is 36.0 Å². The maximum Gasteiger partial charge on any atom is 0.115 e. The number of nitrogens with zero attached hydrogens (tertiary/aromatic N) is 2. The molecule has 2 aromatic rings. The second kappa shape index (κ2) is 11.7. The molecule has 6 fully saturated rings. The number of phenols is 2. The van der Waals surface area contributed by atoms with Gasteiger partial charge in [0.05, 0.1) is 11.2 Å². The van der Waals surface area contributed by atoms with E-state index in [9.17, 15) is 20.4 Å². The average molecular weight is 655 g/mol. The molecule has 0 aromatic heterocycles. The Labute approximate surface area is 287 Å². The normalized spacial score (nSPS) is 39.0. The molecule has 2 aromatic carbocycles. The first-order chi connectivity index (χ1) is 23.2. The Kier molecular flexibility index (Phi) is 7.77. The van der Waals surface area contributed by atoms with Crippen molar-refractivity contribution in [3.63, 3.8) is 0 Å². The Hall–Kier alpha value is -2.12. The minimum Gasteiger partial charge on any atom is -0.508 e. The minimum absolute atomic E-state index is 0.127. The molecule has 2 aliphatic heterocycles. The Morgan fingerprint density at radius 2 is 0.958 bits per heavy atom. The van der Waals surface area contributed by atoms with Crippen LogP contribution in [0, 0.1) is 11.8 Å². The van der Waals surface area contributed by atoms with Gasteiger partial charge in [-0.25, -0.2) is 0 Å². The molecule has 4 bridgehead atoms. The predicted octanol–water partition coefficient (Wildman–Crippen LogP) is 6.73. The van der Waals surface area contributed by atoms with Gasteiger partial charge in [-0.05, 0) is 148 Å². The standard InChI is InChI=1S/2C21H29NO2/c2*23-17-7-6-16-12-19-21(24)9-2-1-8-20(21,18(16)13-17)10-11-22(19)14-15-4-3-5-15/h2*6-7,13,15,19,23-24H,1-5,8-12,14H2/t2*19-,20+,21-/m11/s1. The third-order valence-electron chi connectivity index (χ3n) is 15.6. The predicted molar refractivity (Wildman–Crippen MR) is 188 cm³/mol. The van der Waals surface area contributed by atoms with E-state index in [0.29, 0.717) is 11.5 Å². The van der Waals surface area contributed by atoms with Crippen molar-refractivity contribution in [2.24, 2.45) is 11.8 Å². The zero-order valence-corrected chi connectivity index (χ0v) is 29.0. The van der Waals surface area contributed by atoms with Gasteiger partial charge >= 0.3 is 0 Å². The van der Waals surface area contributed by atoms with E-state index in [-0.39, 0.29) is 22.9 Å². The van der Waals surface area contributed by atoms with Gasteiger partial charge in [-0.1, -0.05) is 50.7 Å². The lowest BCUT2D eigenvalue weighted by molar-refractivity contribution is -0.169. The summed E-state index contributed by atoms with van der Waals surface area (Å²) in [6.07, 6.45) is 20.9. The first-order valence-electron chi connectivity index (χ1n) is 19.8. The van der Waals surface area contributed by atoms with E-state index in [0.717, 1.165) is 89.1 Å². The highest BCUT2D eigenvalue weighted by Crippen LogP contribution is 2.60. The van der Waals surface area contributed by atoms with Crippen LogP contribution in [0.25, 0.3) is 0 Å². The van der Waals surface area contributed by atoms with Crippen LogP contribution in [0.15, 0.2) is 36.4 Å². The van der Waals surface area contributed by atoms with Crippen molar-refractivity contribution in [3.05, 3.63) is 58.7 Å². The number of fused-ring (bicyclic) bond motifs is 2. The molecule has 48 heavy (non-hydrogen) atoms. The van der Waals surface area contributed by atoms with E-state index >= 15 is 0 Å². The Morgan fingerprint density at radius 3 is 1.35 bits per heavy atom. The number of piperidine rings is 2. The number of hydrogen-bond donors (Lipinski definition) is 4. The third kappa shape index (κ3) is 4.64. The fourth-order valence-corrected chi connectivity index (χ4v) is 12.6. The Morgan fingerprint density at radius 1 is 0.542 bits per heavy atom. The van der Waals surface area contributed by atoms with Crippen LogP contribution in [0.2, 0.25) is 0 Å². The number of benzene rings is 2. The fraction of sp³-hybridized carbons (Fsp3) is 0.714. The maximum absolute atomic E-state index is 11.9. The second-order valence-corrected chi connectivity index (χ2v) is 17.6. The second-order valence-electron chi connectivity index (χ2n) is 17.6. The van der Waals surface area contributed by atoms with Crippen molar-refractivity contribution in [3.8, 4) is 11.5 Å². The van der Waals surface area contributed by atoms with Gasteiger partial charge < -0.3 is 20.4 Å². The molecule has 6 aliphatic carbocycles. The molecule has 260 valence electrons. The topological polar surface area (TPSA) is 87.4 Å². The van der Waals surface area contributed by atoms with Crippen molar-refractivity contribution >= 4 is 0 Å². The molecule has 0 amide bonds. The van der Waals surface area contributed by atoms with Gasteiger partial charge in [-0.2, -0.15) is 0 Å². The summed E-state index contributed by atoms with van der Waals surface area (Å²) < 4.78 is 0. The number of aliphatic hydroxyl groups is 2. The lowest BCUT2D eigenvalue weighted by Crippen LogP contribution is -2.72. The first-order valence-corrected chi connectivity index (χ1v) is 19.8. The Balaban J connectivity index is 0.000000131. The molecule has 8 aliphatic rings. The number of likely N-dealkylation sites (tertiary alicyclic amines) is 2. The summed E-state index contributed by atoms with van der Waals surface area (Å²) in [5, 5.41) is 44.0. The summed E-state index contributed by atoms with van der Waals surface area (Å²) in [5.74, 6) is 2.41. The van der Waals surface area contributed by atoms with Crippen molar-refractivity contribution in [2.45, 2.75) is 150 Å². The molecule has 10 rings (SSSR count). The van der Waals surface area contributed by atoms with Crippen LogP contribution in [-0.2, 0) is 23.7 Å². The maximum atomic E-state index is 11.9. The summed E-state index contributed by atoms with van der Waals surface area (Å²) in [6, 6.07) is 12.3. The highest BCUT2D eigenvalue weighted by Gasteiger charge is 2.64. The molecular formula is C42H58N2O4. The fourth-order valence-electron chi connectivity index (χ4n) is 12.6. The first kappa shape index (κ1) is 31.8. The summed E-state index contributed by atoms with van der Waals surface area (Å²) in [4.78, 5) is 5.26. The molecule has 0 radical (unpaired) electrons. The lowest BCUT2D eigenvalue weighted by Gasteiger charge is -2.64. The zero-order valence-electron chi connectivity index (χ0n) is 29.0. The Bertz CT molecular complexity index is 1420. The number of aromatic hydroxyl groups is 2. The number of rotatable bonds is 4. The van der Waals surface area contributed by atoms with E-state index < -0.39 is 11.2 Å². The van der Waals surface area contributed by atoms with Gasteiger partial charge in [0.2, 0.25) is 0 Å². The third-order valence-corrected chi connectivity index (χ3v) is 15.6. The van der Waals surface area contributed by atoms with Gasteiger partial charge in [-0.15, -0.1) is 0 Å². The van der Waals surface area contributed by atoms with Crippen LogP contribution in [-0.4, -0.2) is 79.7 Å². The van der Waals surface area contributed by atoms with E-state index in [1.54, 1.807) is 0 Å². The molecule has 6 atom stereocenters. The molecular weight excluding hydrogens is 596 g/mol. The highest BCUT2D eigenvalue weighted by atomic mass is 16.3. The molecule has 2 heterocycles. The highest BCUT2D eigenvalue weighted by molar-refractivity contribution is 5.49. The largest absolute Gasteiger partial charge is 0.508 e. The van der Waals surface area contributed by atoms with Crippen LogP contribution < -0.4 is 0 Å². The quantitative estimate of drug-likeness (QED) is 0.293. The van der Waals surface area contributed by atoms with Gasteiger partial charge in [0.1, 0.15) is 11.5 Å². The van der Waals surface area contributed by atoms with Crippen molar-refractivity contribution < 1.29 is 20.4 Å². The molecule has 4 saturated carbocycles. The van der Waals surface area contributed by atoms with Crippen molar-refractivity contribution in [2.75, 3.05) is 26.2 Å². The molecule has 6 nitrogen and oxygen atoms in total. The summed E-state index contributed by atoms with van der Waals surface area (Å²) in [6.45, 7) is 4.57. The smallest absolute Gasteiger partial charge is 0.115 e. The number of phenolic OH excluding ortho intramolecular Hbond substituents is 2.